The number of nitrogens with one attached hydrogen (secondary N) is 1. The third-order valence-electron chi connectivity index (χ3n) is 3.21. The lowest BCUT2D eigenvalue weighted by Crippen LogP contribution is -2.52. The highest BCUT2D eigenvalue weighted by atomic mass is 16.1. The number of nitrogens with zero attached hydrogens (tertiary/aromatic N) is 2. The molecule has 108 valence electrons. The molecule has 1 amide bonds. The standard InChI is InChI=1S/C14H26N4O/c1-6-12-11(8-18(5)17-12)13(19)16-14(4,9-15)7-10(2)3/h8,10H,6-7,9,15H2,1-5H3,(H,16,19). The molecule has 1 atom stereocenters. The van der Waals surface area contributed by atoms with Gasteiger partial charge in [-0.15, -0.1) is 0 Å². The molecule has 0 bridgehead atoms. The van der Waals surface area contributed by atoms with Crippen LogP contribution in [0.2, 0.25) is 0 Å². The molecule has 0 aliphatic heterocycles. The van der Waals surface area contributed by atoms with Gasteiger partial charge in [0.15, 0.2) is 0 Å². The van der Waals surface area contributed by atoms with Crippen molar-refractivity contribution in [3.8, 4) is 0 Å². The summed E-state index contributed by atoms with van der Waals surface area (Å²) in [6.45, 7) is 8.67. The van der Waals surface area contributed by atoms with Gasteiger partial charge < -0.3 is 11.1 Å². The molecule has 1 heterocycles. The van der Waals surface area contributed by atoms with E-state index in [2.05, 4.69) is 24.3 Å². The maximum atomic E-state index is 12.4. The molecule has 3 N–H and O–H groups in total. The van der Waals surface area contributed by atoms with Gasteiger partial charge in [0.2, 0.25) is 0 Å². The maximum Gasteiger partial charge on any atom is 0.255 e. The fourth-order valence-electron chi connectivity index (χ4n) is 2.41. The van der Waals surface area contributed by atoms with Crippen molar-refractivity contribution in [1.29, 1.82) is 0 Å². The van der Waals surface area contributed by atoms with Crippen molar-refractivity contribution in [1.82, 2.24) is 15.1 Å². The SMILES string of the molecule is CCc1nn(C)cc1C(=O)NC(C)(CN)CC(C)C. The predicted molar refractivity (Wildman–Crippen MR) is 77.0 cm³/mol. The number of carbonyl (C=O) groups excluding carboxylic acids is 1. The monoisotopic (exact) mass is 266 g/mol. The van der Waals surface area contributed by atoms with Crippen LogP contribution in [-0.2, 0) is 13.5 Å². The number of aromatic nitrogens is 2. The quantitative estimate of drug-likeness (QED) is 0.819. The van der Waals surface area contributed by atoms with Crippen LogP contribution in [0.15, 0.2) is 6.20 Å². The Bertz CT molecular complexity index is 439. The van der Waals surface area contributed by atoms with E-state index in [-0.39, 0.29) is 11.4 Å². The maximum absolute atomic E-state index is 12.4. The van der Waals surface area contributed by atoms with E-state index in [1.807, 2.05) is 20.9 Å². The highest BCUT2D eigenvalue weighted by Gasteiger charge is 2.27. The molecule has 1 rings (SSSR count). The molecule has 19 heavy (non-hydrogen) atoms. The predicted octanol–water partition coefficient (Wildman–Crippen LogP) is 1.48. The van der Waals surface area contributed by atoms with Gasteiger partial charge in [0.05, 0.1) is 11.3 Å². The largest absolute Gasteiger partial charge is 0.345 e. The first kappa shape index (κ1) is 15.7. The molecule has 5 nitrogen and oxygen atoms in total. The lowest BCUT2D eigenvalue weighted by Gasteiger charge is -2.31. The number of carbonyl (C=O) groups is 1. The van der Waals surface area contributed by atoms with E-state index in [0.29, 0.717) is 18.0 Å². The van der Waals surface area contributed by atoms with Crippen LogP contribution in [-0.4, -0.2) is 27.8 Å². The normalized spacial score (nSPS) is 14.5. The number of nitrogens with two attached hydrogens (primary N) is 1. The van der Waals surface area contributed by atoms with Crippen LogP contribution in [0.25, 0.3) is 0 Å². The van der Waals surface area contributed by atoms with E-state index in [4.69, 9.17) is 5.73 Å². The number of amides is 1. The molecule has 0 saturated heterocycles. The number of aryl methyl sites for hydroxylation is 2. The summed E-state index contributed by atoms with van der Waals surface area (Å²) in [5.74, 6) is 0.395. The van der Waals surface area contributed by atoms with Crippen molar-refractivity contribution in [2.75, 3.05) is 6.54 Å². The van der Waals surface area contributed by atoms with Gasteiger partial charge >= 0.3 is 0 Å². The van der Waals surface area contributed by atoms with Crippen molar-refractivity contribution in [3.63, 3.8) is 0 Å². The Balaban J connectivity index is 2.88. The molecule has 0 radical (unpaired) electrons. The third kappa shape index (κ3) is 4.06. The minimum absolute atomic E-state index is 0.0847. The minimum Gasteiger partial charge on any atom is -0.345 e. The molecule has 0 aliphatic carbocycles. The summed E-state index contributed by atoms with van der Waals surface area (Å²) < 4.78 is 1.68. The number of hydrogen-bond donors (Lipinski definition) is 2. The summed E-state index contributed by atoms with van der Waals surface area (Å²) in [6, 6.07) is 0. The molecule has 0 fully saturated rings. The second kappa shape index (κ2) is 6.19. The van der Waals surface area contributed by atoms with Crippen LogP contribution in [0.1, 0.15) is 50.2 Å². The summed E-state index contributed by atoms with van der Waals surface area (Å²) in [7, 11) is 1.83. The first-order valence-electron chi connectivity index (χ1n) is 6.86. The average Bonchev–Trinajstić information content (AvgIpc) is 2.69. The van der Waals surface area contributed by atoms with Crippen LogP contribution in [0.5, 0.6) is 0 Å². The zero-order valence-corrected chi connectivity index (χ0v) is 12.7. The first-order valence-corrected chi connectivity index (χ1v) is 6.86. The molecule has 0 aliphatic rings. The zero-order chi connectivity index (χ0) is 14.6. The molecule has 5 heteroatoms. The topological polar surface area (TPSA) is 72.9 Å². The van der Waals surface area contributed by atoms with Crippen LogP contribution >= 0.6 is 0 Å². The second-order valence-corrected chi connectivity index (χ2v) is 5.83. The van der Waals surface area contributed by atoms with Gasteiger partial charge in [-0.05, 0) is 25.7 Å². The third-order valence-corrected chi connectivity index (χ3v) is 3.21. The van der Waals surface area contributed by atoms with Gasteiger partial charge in [-0.3, -0.25) is 9.48 Å². The summed E-state index contributed by atoms with van der Waals surface area (Å²) in [4.78, 5) is 12.4. The molecular formula is C14H26N4O. The van der Waals surface area contributed by atoms with Gasteiger partial charge in [-0.1, -0.05) is 20.8 Å². The van der Waals surface area contributed by atoms with Crippen molar-refractivity contribution >= 4 is 5.91 Å². The van der Waals surface area contributed by atoms with Crippen molar-refractivity contribution in [2.45, 2.75) is 46.1 Å². The van der Waals surface area contributed by atoms with E-state index < -0.39 is 0 Å². The fourth-order valence-corrected chi connectivity index (χ4v) is 2.41. The number of rotatable bonds is 6. The summed E-state index contributed by atoms with van der Waals surface area (Å²) in [5.41, 5.74) is 6.92. The second-order valence-electron chi connectivity index (χ2n) is 5.83. The Morgan fingerprint density at radius 2 is 2.21 bits per heavy atom. The lowest BCUT2D eigenvalue weighted by molar-refractivity contribution is 0.0897. The van der Waals surface area contributed by atoms with Gasteiger partial charge in [0.25, 0.3) is 5.91 Å². The highest BCUT2D eigenvalue weighted by molar-refractivity contribution is 5.95. The Kier molecular flexibility index (Phi) is 5.11. The van der Waals surface area contributed by atoms with Crippen LogP contribution in [0.4, 0.5) is 0 Å². The van der Waals surface area contributed by atoms with Crippen LogP contribution in [0.3, 0.4) is 0 Å². The number of hydrogen-bond acceptors (Lipinski definition) is 3. The van der Waals surface area contributed by atoms with E-state index in [9.17, 15) is 4.79 Å². The van der Waals surface area contributed by atoms with E-state index in [0.717, 1.165) is 18.5 Å². The molecule has 1 aromatic heterocycles. The Morgan fingerprint density at radius 3 is 2.68 bits per heavy atom. The summed E-state index contributed by atoms with van der Waals surface area (Å²) in [5, 5.41) is 7.35. The molecular weight excluding hydrogens is 240 g/mol. The van der Waals surface area contributed by atoms with Crippen LogP contribution < -0.4 is 11.1 Å². The van der Waals surface area contributed by atoms with Gasteiger partial charge in [-0.2, -0.15) is 5.10 Å². The minimum atomic E-state index is -0.369. The van der Waals surface area contributed by atoms with Crippen molar-refractivity contribution < 1.29 is 4.79 Å². The fraction of sp³-hybridized carbons (Fsp3) is 0.714. The molecule has 1 aromatic rings. The molecule has 0 aromatic carbocycles. The van der Waals surface area contributed by atoms with Gasteiger partial charge in [0, 0.05) is 25.3 Å². The van der Waals surface area contributed by atoms with Crippen molar-refractivity contribution in [2.24, 2.45) is 18.7 Å². The van der Waals surface area contributed by atoms with Gasteiger partial charge in [-0.25, -0.2) is 0 Å². The molecule has 0 spiro atoms. The lowest BCUT2D eigenvalue weighted by atomic mass is 9.90. The van der Waals surface area contributed by atoms with E-state index in [1.165, 1.54) is 0 Å². The van der Waals surface area contributed by atoms with Crippen molar-refractivity contribution in [3.05, 3.63) is 17.5 Å². The Labute approximate surface area is 115 Å². The summed E-state index contributed by atoms with van der Waals surface area (Å²) in [6.07, 6.45) is 3.37. The van der Waals surface area contributed by atoms with E-state index >= 15 is 0 Å². The Morgan fingerprint density at radius 1 is 1.58 bits per heavy atom. The zero-order valence-electron chi connectivity index (χ0n) is 12.7. The molecule has 0 saturated carbocycles. The smallest absolute Gasteiger partial charge is 0.255 e. The summed E-state index contributed by atoms with van der Waals surface area (Å²) >= 11 is 0. The molecule has 1 unspecified atom stereocenters. The first-order chi connectivity index (χ1) is 8.81. The Hall–Kier alpha value is -1.36. The highest BCUT2D eigenvalue weighted by Crippen LogP contribution is 2.17. The van der Waals surface area contributed by atoms with Crippen LogP contribution in [0, 0.1) is 5.92 Å². The van der Waals surface area contributed by atoms with E-state index in [1.54, 1.807) is 10.9 Å². The average molecular weight is 266 g/mol. The van der Waals surface area contributed by atoms with Gasteiger partial charge in [0.1, 0.15) is 0 Å².